The monoisotopic (exact) mass is 492 g/mol. The summed E-state index contributed by atoms with van der Waals surface area (Å²) in [5, 5.41) is -0.170. The van der Waals surface area contributed by atoms with Crippen molar-refractivity contribution >= 4 is 10.8 Å². The topological polar surface area (TPSA) is 9.23 Å². The zero-order chi connectivity index (χ0) is 25.3. The predicted octanol–water partition coefficient (Wildman–Crippen LogP) is 8.62. The zero-order valence-electron chi connectivity index (χ0n) is 18.4. The number of fused-ring (bicyclic) bond motifs is 1. The molecule has 1 nitrogen and oxygen atoms in total. The van der Waals surface area contributed by atoms with Gasteiger partial charge in [0.2, 0.25) is 0 Å². The summed E-state index contributed by atoms with van der Waals surface area (Å²) in [6.07, 6.45) is -3.17. The van der Waals surface area contributed by atoms with Crippen molar-refractivity contribution in [1.82, 2.24) is 0 Å². The second-order valence-electron chi connectivity index (χ2n) is 8.10. The van der Waals surface area contributed by atoms with E-state index < -0.39 is 41.8 Å². The molecule has 0 aliphatic rings. The first-order chi connectivity index (χ1) is 16.6. The largest absolute Gasteiger partial charge is 0.478 e. The molecule has 0 atom stereocenters. The Labute approximate surface area is 196 Å². The molecule has 0 aliphatic heterocycles. The lowest BCUT2D eigenvalue weighted by atomic mass is 9.96. The van der Waals surface area contributed by atoms with Crippen LogP contribution in [0.4, 0.5) is 30.7 Å². The Morgan fingerprint density at radius 2 is 1.34 bits per heavy atom. The maximum Gasteiger partial charge on any atom is 0.422 e. The van der Waals surface area contributed by atoms with Crippen molar-refractivity contribution in [2.45, 2.75) is 25.9 Å². The summed E-state index contributed by atoms with van der Waals surface area (Å²) in [5.41, 5.74) is 1.80. The van der Waals surface area contributed by atoms with Gasteiger partial charge in [-0.05, 0) is 52.8 Å². The Morgan fingerprint density at radius 3 is 1.97 bits per heavy atom. The van der Waals surface area contributed by atoms with Crippen LogP contribution in [0.5, 0.6) is 5.75 Å². The molecule has 182 valence electrons. The summed E-state index contributed by atoms with van der Waals surface area (Å²) in [6.45, 7) is 0.139. The third kappa shape index (κ3) is 5.26. The van der Waals surface area contributed by atoms with Crippen molar-refractivity contribution < 1.29 is 35.5 Å². The molecule has 0 heterocycles. The molecular weight excluding hydrogens is 473 g/mol. The Morgan fingerprint density at radius 1 is 0.714 bits per heavy atom. The second-order valence-corrected chi connectivity index (χ2v) is 8.10. The summed E-state index contributed by atoms with van der Waals surface area (Å²) < 4.78 is 99.9. The van der Waals surface area contributed by atoms with Gasteiger partial charge in [0, 0.05) is 16.5 Å². The molecule has 0 amide bonds. The molecular formula is C27H19F7O. The Balaban J connectivity index is 1.68. The Hall–Kier alpha value is -3.55. The molecule has 0 aromatic heterocycles. The number of ether oxygens (including phenoxy) is 1. The number of hydrogen-bond acceptors (Lipinski definition) is 1. The highest BCUT2D eigenvalue weighted by atomic mass is 19.4. The van der Waals surface area contributed by atoms with Crippen LogP contribution in [0, 0.1) is 23.3 Å². The van der Waals surface area contributed by atoms with E-state index in [0.29, 0.717) is 5.56 Å². The molecule has 4 aromatic carbocycles. The Bertz CT molecular complexity index is 1390. The zero-order valence-corrected chi connectivity index (χ0v) is 18.4. The summed E-state index contributed by atoms with van der Waals surface area (Å²) in [5.74, 6) is -4.87. The average molecular weight is 492 g/mol. The molecule has 4 aromatic rings. The van der Waals surface area contributed by atoms with E-state index >= 15 is 0 Å². The van der Waals surface area contributed by atoms with E-state index in [-0.39, 0.29) is 27.5 Å². The molecule has 35 heavy (non-hydrogen) atoms. The highest BCUT2D eigenvalue weighted by Crippen LogP contribution is 2.35. The summed E-state index contributed by atoms with van der Waals surface area (Å²) in [6, 6.07) is 13.6. The average Bonchev–Trinajstić information content (AvgIpc) is 2.78. The van der Waals surface area contributed by atoms with Crippen molar-refractivity contribution in [3.8, 4) is 28.0 Å². The van der Waals surface area contributed by atoms with Gasteiger partial charge in [0.1, 0.15) is 11.6 Å². The standard InChI is InChI=1S/C27H19F7O/c1-2-3-15-4-7-19(22(28)10-15)17-5-8-20(23(29)12-17)16-6-9-21-18(11-16)13-24(30)26(25(21)31)35-14-27(32,33)34/h4-13H,2-3,14H2,1H3. The maximum atomic E-state index is 15.0. The van der Waals surface area contributed by atoms with Gasteiger partial charge in [-0.1, -0.05) is 49.7 Å². The van der Waals surface area contributed by atoms with Crippen LogP contribution in [0.1, 0.15) is 18.9 Å². The lowest BCUT2D eigenvalue weighted by molar-refractivity contribution is -0.154. The van der Waals surface area contributed by atoms with E-state index in [4.69, 9.17) is 0 Å². The van der Waals surface area contributed by atoms with Crippen LogP contribution in [-0.4, -0.2) is 12.8 Å². The third-order valence-electron chi connectivity index (χ3n) is 5.53. The number of alkyl halides is 3. The van der Waals surface area contributed by atoms with Crippen LogP contribution >= 0.6 is 0 Å². The van der Waals surface area contributed by atoms with E-state index in [1.54, 1.807) is 12.1 Å². The van der Waals surface area contributed by atoms with Crippen LogP contribution in [0.2, 0.25) is 0 Å². The van der Waals surface area contributed by atoms with Gasteiger partial charge in [0.15, 0.2) is 24.0 Å². The van der Waals surface area contributed by atoms with Crippen LogP contribution in [0.15, 0.2) is 60.7 Å². The van der Waals surface area contributed by atoms with Gasteiger partial charge in [-0.15, -0.1) is 0 Å². The molecule has 0 unspecified atom stereocenters. The van der Waals surface area contributed by atoms with E-state index in [2.05, 4.69) is 4.74 Å². The Kier molecular flexibility index (Phi) is 6.74. The van der Waals surface area contributed by atoms with Gasteiger partial charge in [0.05, 0.1) is 0 Å². The first-order valence-electron chi connectivity index (χ1n) is 10.8. The number of aryl methyl sites for hydroxylation is 1. The number of benzene rings is 4. The van der Waals surface area contributed by atoms with E-state index in [1.165, 1.54) is 42.5 Å². The van der Waals surface area contributed by atoms with Crippen molar-refractivity contribution in [3.63, 3.8) is 0 Å². The van der Waals surface area contributed by atoms with Crippen LogP contribution in [0.25, 0.3) is 33.0 Å². The van der Waals surface area contributed by atoms with Crippen LogP contribution in [-0.2, 0) is 6.42 Å². The minimum Gasteiger partial charge on any atom is -0.478 e. The maximum absolute atomic E-state index is 15.0. The van der Waals surface area contributed by atoms with Gasteiger partial charge in [-0.3, -0.25) is 0 Å². The summed E-state index contributed by atoms with van der Waals surface area (Å²) >= 11 is 0. The number of halogens is 7. The smallest absolute Gasteiger partial charge is 0.422 e. The summed E-state index contributed by atoms with van der Waals surface area (Å²) in [7, 11) is 0. The van der Waals surface area contributed by atoms with Crippen molar-refractivity contribution in [2.24, 2.45) is 0 Å². The fourth-order valence-electron chi connectivity index (χ4n) is 3.92. The minimum atomic E-state index is -4.76. The molecule has 0 fully saturated rings. The van der Waals surface area contributed by atoms with Crippen LogP contribution in [0.3, 0.4) is 0 Å². The molecule has 0 saturated carbocycles. The van der Waals surface area contributed by atoms with Gasteiger partial charge in [-0.25, -0.2) is 17.6 Å². The van der Waals surface area contributed by atoms with E-state index in [9.17, 15) is 30.7 Å². The molecule has 0 aliphatic carbocycles. The summed E-state index contributed by atoms with van der Waals surface area (Å²) in [4.78, 5) is 0. The molecule has 4 rings (SSSR count). The molecule has 0 saturated heterocycles. The molecule has 0 N–H and O–H groups in total. The molecule has 0 spiro atoms. The van der Waals surface area contributed by atoms with E-state index in [0.717, 1.165) is 24.5 Å². The van der Waals surface area contributed by atoms with Gasteiger partial charge in [-0.2, -0.15) is 13.2 Å². The van der Waals surface area contributed by atoms with Gasteiger partial charge >= 0.3 is 6.18 Å². The first kappa shape index (κ1) is 24.6. The van der Waals surface area contributed by atoms with Crippen molar-refractivity contribution in [3.05, 3.63) is 89.5 Å². The SMILES string of the molecule is CCCc1ccc(-c2ccc(-c3ccc4c(F)c(OCC(F)(F)F)c(F)cc4c3)c(F)c2)c(F)c1. The predicted molar refractivity (Wildman–Crippen MR) is 120 cm³/mol. The lowest BCUT2D eigenvalue weighted by Gasteiger charge is -2.13. The van der Waals surface area contributed by atoms with Crippen LogP contribution < -0.4 is 4.74 Å². The fraction of sp³-hybridized carbons (Fsp3) is 0.185. The van der Waals surface area contributed by atoms with Gasteiger partial charge in [0.25, 0.3) is 0 Å². The normalized spacial score (nSPS) is 11.8. The quantitative estimate of drug-likeness (QED) is 0.245. The van der Waals surface area contributed by atoms with E-state index in [1.807, 2.05) is 6.92 Å². The third-order valence-corrected chi connectivity index (χ3v) is 5.53. The first-order valence-corrected chi connectivity index (χ1v) is 10.8. The van der Waals surface area contributed by atoms with Gasteiger partial charge < -0.3 is 4.74 Å². The van der Waals surface area contributed by atoms with Crippen molar-refractivity contribution in [1.29, 1.82) is 0 Å². The minimum absolute atomic E-state index is 0.0119. The van der Waals surface area contributed by atoms with Crippen molar-refractivity contribution in [2.75, 3.05) is 6.61 Å². The second kappa shape index (κ2) is 9.60. The molecule has 0 radical (unpaired) electrons. The fourth-order valence-corrected chi connectivity index (χ4v) is 3.92. The number of rotatable bonds is 6. The highest BCUT2D eigenvalue weighted by Gasteiger charge is 2.30. The molecule has 0 bridgehead atoms. The lowest BCUT2D eigenvalue weighted by Crippen LogP contribution is -2.20. The number of hydrogen-bond donors (Lipinski definition) is 0. The highest BCUT2D eigenvalue weighted by molar-refractivity contribution is 5.89. The molecule has 8 heteroatoms.